The van der Waals surface area contributed by atoms with E-state index in [2.05, 4.69) is 20.3 Å². The van der Waals surface area contributed by atoms with Crippen molar-refractivity contribution in [3.05, 3.63) is 47.9 Å². The van der Waals surface area contributed by atoms with Gasteiger partial charge in [0.15, 0.2) is 0 Å². The molecule has 3 heterocycles. The summed E-state index contributed by atoms with van der Waals surface area (Å²) in [5.41, 5.74) is 2.62. The van der Waals surface area contributed by atoms with Gasteiger partial charge in [-0.1, -0.05) is 11.8 Å². The first-order valence-corrected chi connectivity index (χ1v) is 11.3. The topological polar surface area (TPSA) is 97.8 Å². The zero-order valence-corrected chi connectivity index (χ0v) is 19.1. The van der Waals surface area contributed by atoms with Gasteiger partial charge in [0.05, 0.1) is 43.4 Å². The van der Waals surface area contributed by atoms with Crippen LogP contribution in [0, 0.1) is 0 Å². The SMILES string of the molecule is CCNC(=O)CC1CN=C(c2cc3cc(Oc4ccc(COC)nc4)cc(OC)c3[nH]2)S1. The number of pyridine rings is 1. The lowest BCUT2D eigenvalue weighted by atomic mass is 10.2. The lowest BCUT2D eigenvalue weighted by molar-refractivity contribution is -0.120. The summed E-state index contributed by atoms with van der Waals surface area (Å²) in [4.78, 5) is 24.3. The predicted molar refractivity (Wildman–Crippen MR) is 126 cm³/mol. The van der Waals surface area contributed by atoms with Crippen molar-refractivity contribution in [3.63, 3.8) is 0 Å². The number of nitrogens with zero attached hydrogens (tertiary/aromatic N) is 2. The smallest absolute Gasteiger partial charge is 0.221 e. The van der Waals surface area contributed by atoms with Crippen LogP contribution in [0.4, 0.5) is 0 Å². The molecule has 0 radical (unpaired) electrons. The van der Waals surface area contributed by atoms with Crippen molar-refractivity contribution in [2.75, 3.05) is 27.3 Å². The number of hydrogen-bond donors (Lipinski definition) is 2. The van der Waals surface area contributed by atoms with E-state index in [0.29, 0.717) is 43.4 Å². The first-order chi connectivity index (χ1) is 15.6. The highest BCUT2D eigenvalue weighted by Gasteiger charge is 2.24. The summed E-state index contributed by atoms with van der Waals surface area (Å²) in [6.07, 6.45) is 2.14. The number of H-pyrrole nitrogens is 1. The second-order valence-electron chi connectivity index (χ2n) is 7.34. The average molecular weight is 455 g/mol. The van der Waals surface area contributed by atoms with E-state index in [1.165, 1.54) is 0 Å². The Bertz CT molecular complexity index is 1130. The number of thioether (sulfide) groups is 1. The third-order valence-electron chi connectivity index (χ3n) is 4.95. The molecular weight excluding hydrogens is 428 g/mol. The van der Waals surface area contributed by atoms with Gasteiger partial charge in [0.25, 0.3) is 0 Å². The van der Waals surface area contributed by atoms with E-state index in [0.717, 1.165) is 27.3 Å². The number of benzene rings is 1. The first-order valence-electron chi connectivity index (χ1n) is 10.4. The Labute approximate surface area is 190 Å². The summed E-state index contributed by atoms with van der Waals surface area (Å²) in [6.45, 7) is 3.65. The van der Waals surface area contributed by atoms with Crippen LogP contribution in [-0.2, 0) is 16.1 Å². The van der Waals surface area contributed by atoms with Crippen LogP contribution in [0.15, 0.2) is 41.5 Å². The summed E-state index contributed by atoms with van der Waals surface area (Å²) in [7, 11) is 3.27. The maximum absolute atomic E-state index is 11.9. The average Bonchev–Trinajstić information content (AvgIpc) is 3.42. The standard InChI is InChI=1S/C23H26N4O4S/c1-4-24-21(28)10-18-12-26-23(32-18)19-8-14-7-17(9-20(30-3)22(14)27-19)31-16-6-5-15(13-29-2)25-11-16/h5-9,11,18,27H,4,10,12-13H2,1-3H3,(H,24,28). The molecule has 1 aromatic carbocycles. The minimum Gasteiger partial charge on any atom is -0.494 e. The number of methoxy groups -OCH3 is 2. The van der Waals surface area contributed by atoms with E-state index in [1.807, 2.05) is 37.3 Å². The van der Waals surface area contributed by atoms with Crippen molar-refractivity contribution >= 4 is 33.6 Å². The van der Waals surface area contributed by atoms with Gasteiger partial charge in [0, 0.05) is 36.8 Å². The summed E-state index contributed by atoms with van der Waals surface area (Å²) < 4.78 is 16.7. The molecule has 0 aliphatic carbocycles. The minimum atomic E-state index is 0.0614. The molecule has 1 atom stereocenters. The number of aliphatic imine (C=N–C) groups is 1. The Kier molecular flexibility index (Phi) is 6.96. The van der Waals surface area contributed by atoms with Crippen LogP contribution in [0.3, 0.4) is 0 Å². The molecule has 2 aromatic heterocycles. The Morgan fingerprint density at radius 2 is 2.12 bits per heavy atom. The highest BCUT2D eigenvalue weighted by molar-refractivity contribution is 8.15. The molecule has 0 saturated heterocycles. The molecule has 8 nitrogen and oxygen atoms in total. The Morgan fingerprint density at radius 1 is 1.25 bits per heavy atom. The van der Waals surface area contributed by atoms with Gasteiger partial charge in [-0.05, 0) is 31.2 Å². The molecule has 2 N–H and O–H groups in total. The third kappa shape index (κ3) is 5.05. The lowest BCUT2D eigenvalue weighted by Crippen LogP contribution is -2.26. The van der Waals surface area contributed by atoms with Crippen molar-refractivity contribution in [3.8, 4) is 17.2 Å². The van der Waals surface area contributed by atoms with Crippen LogP contribution < -0.4 is 14.8 Å². The molecule has 9 heteroatoms. The second-order valence-corrected chi connectivity index (χ2v) is 8.63. The van der Waals surface area contributed by atoms with Crippen LogP contribution in [0.1, 0.15) is 24.7 Å². The van der Waals surface area contributed by atoms with Crippen LogP contribution in [0.5, 0.6) is 17.2 Å². The molecule has 1 aliphatic rings. The molecule has 1 unspecified atom stereocenters. The molecule has 1 amide bonds. The van der Waals surface area contributed by atoms with Crippen LogP contribution in [0.2, 0.25) is 0 Å². The molecule has 168 valence electrons. The number of fused-ring (bicyclic) bond motifs is 1. The zero-order chi connectivity index (χ0) is 22.5. The van der Waals surface area contributed by atoms with Crippen molar-refractivity contribution in [2.45, 2.75) is 25.2 Å². The monoisotopic (exact) mass is 454 g/mol. The molecule has 0 spiro atoms. The van der Waals surface area contributed by atoms with Gasteiger partial charge >= 0.3 is 0 Å². The molecule has 1 aliphatic heterocycles. The summed E-state index contributed by atoms with van der Waals surface area (Å²) >= 11 is 1.63. The first kappa shape index (κ1) is 22.2. The van der Waals surface area contributed by atoms with Crippen molar-refractivity contribution in [1.29, 1.82) is 0 Å². The molecule has 3 aromatic rings. The normalized spacial score (nSPS) is 15.6. The highest BCUT2D eigenvalue weighted by Crippen LogP contribution is 2.36. The Balaban J connectivity index is 1.52. The summed E-state index contributed by atoms with van der Waals surface area (Å²) in [6, 6.07) is 9.56. The molecule has 0 fully saturated rings. The molecule has 32 heavy (non-hydrogen) atoms. The maximum Gasteiger partial charge on any atom is 0.221 e. The van der Waals surface area contributed by atoms with Crippen LogP contribution >= 0.6 is 11.8 Å². The second kappa shape index (κ2) is 10.1. The summed E-state index contributed by atoms with van der Waals surface area (Å²) in [5.74, 6) is 2.02. The number of carbonyl (C=O) groups excluding carboxylic acids is 1. The number of hydrogen-bond acceptors (Lipinski definition) is 7. The number of carbonyl (C=O) groups is 1. The quantitative estimate of drug-likeness (QED) is 0.509. The number of aromatic nitrogens is 2. The fraction of sp³-hybridized carbons (Fsp3) is 0.348. The fourth-order valence-electron chi connectivity index (χ4n) is 3.51. The van der Waals surface area contributed by atoms with Gasteiger partial charge in [-0.3, -0.25) is 14.8 Å². The van der Waals surface area contributed by atoms with Crippen molar-refractivity contribution in [1.82, 2.24) is 15.3 Å². The maximum atomic E-state index is 11.9. The lowest BCUT2D eigenvalue weighted by Gasteiger charge is -2.09. The van der Waals surface area contributed by atoms with Gasteiger partial charge < -0.3 is 24.5 Å². The molecule has 0 saturated carbocycles. The summed E-state index contributed by atoms with van der Waals surface area (Å²) in [5, 5.41) is 4.85. The molecule has 0 bridgehead atoms. The van der Waals surface area contributed by atoms with E-state index < -0.39 is 0 Å². The number of ether oxygens (including phenoxy) is 3. The van der Waals surface area contributed by atoms with Gasteiger partial charge in [-0.25, -0.2) is 0 Å². The van der Waals surface area contributed by atoms with Crippen LogP contribution in [-0.4, -0.2) is 53.5 Å². The zero-order valence-electron chi connectivity index (χ0n) is 18.3. The van der Waals surface area contributed by atoms with E-state index in [-0.39, 0.29) is 11.2 Å². The van der Waals surface area contributed by atoms with Gasteiger partial charge in [-0.2, -0.15) is 0 Å². The third-order valence-corrected chi connectivity index (χ3v) is 6.17. The molecule has 4 rings (SSSR count). The Morgan fingerprint density at radius 3 is 2.84 bits per heavy atom. The number of aromatic amines is 1. The number of rotatable bonds is 9. The van der Waals surface area contributed by atoms with E-state index in [1.54, 1.807) is 32.2 Å². The van der Waals surface area contributed by atoms with E-state index >= 15 is 0 Å². The van der Waals surface area contributed by atoms with Crippen LogP contribution in [0.25, 0.3) is 10.9 Å². The van der Waals surface area contributed by atoms with E-state index in [4.69, 9.17) is 14.2 Å². The number of nitrogens with one attached hydrogen (secondary N) is 2. The number of amides is 1. The van der Waals surface area contributed by atoms with Gasteiger partial charge in [0.2, 0.25) is 5.91 Å². The largest absolute Gasteiger partial charge is 0.494 e. The predicted octanol–water partition coefficient (Wildman–Crippen LogP) is 3.90. The minimum absolute atomic E-state index is 0.0614. The van der Waals surface area contributed by atoms with Gasteiger partial charge in [-0.15, -0.1) is 0 Å². The fourth-order valence-corrected chi connectivity index (χ4v) is 4.59. The molecular formula is C23H26N4O4S. The van der Waals surface area contributed by atoms with Crippen molar-refractivity contribution in [2.24, 2.45) is 4.99 Å². The highest BCUT2D eigenvalue weighted by atomic mass is 32.2. The van der Waals surface area contributed by atoms with Gasteiger partial charge in [0.1, 0.15) is 22.3 Å². The Hall–Kier alpha value is -3.04. The van der Waals surface area contributed by atoms with Crippen molar-refractivity contribution < 1.29 is 19.0 Å². The van der Waals surface area contributed by atoms with E-state index in [9.17, 15) is 4.79 Å².